The minimum absolute atomic E-state index is 0.103. The molecule has 4 rings (SSSR count). The molecule has 0 unspecified atom stereocenters. The molecule has 180 valence electrons. The predicted octanol–water partition coefficient (Wildman–Crippen LogP) is 6.29. The molecule has 0 heterocycles. The second-order valence-corrected chi connectivity index (χ2v) is 8.34. The van der Waals surface area contributed by atoms with E-state index in [1.807, 2.05) is 121 Å². The fourth-order valence-corrected chi connectivity index (χ4v) is 4.07. The smallest absolute Gasteiger partial charge is 0.331 e. The maximum Gasteiger partial charge on any atom is 0.331 e. The highest BCUT2D eigenvalue weighted by Crippen LogP contribution is 2.26. The molecule has 4 aromatic rings. The van der Waals surface area contributed by atoms with Crippen molar-refractivity contribution in [3.63, 3.8) is 0 Å². The van der Waals surface area contributed by atoms with E-state index in [-0.39, 0.29) is 25.0 Å². The summed E-state index contributed by atoms with van der Waals surface area (Å²) in [5, 5.41) is 0. The van der Waals surface area contributed by atoms with Gasteiger partial charge in [-0.15, -0.1) is 0 Å². The molecule has 0 saturated carbocycles. The largest absolute Gasteiger partial charge is 0.462 e. The first-order valence-corrected chi connectivity index (χ1v) is 11.9. The van der Waals surface area contributed by atoms with Crippen LogP contribution in [0.25, 0.3) is 0 Å². The highest BCUT2D eigenvalue weighted by Gasteiger charge is 2.17. The Hall–Kier alpha value is -4.44. The van der Waals surface area contributed by atoms with Gasteiger partial charge in [-0.2, -0.15) is 0 Å². The number of esters is 2. The van der Waals surface area contributed by atoms with Crippen molar-refractivity contribution in [2.75, 3.05) is 13.2 Å². The quantitative estimate of drug-likeness (QED) is 0.199. The fraction of sp³-hybridized carbons (Fsp3) is 0.125. The zero-order valence-electron chi connectivity index (χ0n) is 19.9. The summed E-state index contributed by atoms with van der Waals surface area (Å²) in [4.78, 5) is 24.8. The van der Waals surface area contributed by atoms with E-state index in [1.54, 1.807) is 0 Å². The molecule has 4 nitrogen and oxygen atoms in total. The summed E-state index contributed by atoms with van der Waals surface area (Å²) in [5.74, 6) is -1.39. The first-order chi connectivity index (χ1) is 17.7. The highest BCUT2D eigenvalue weighted by atomic mass is 16.5. The molecule has 0 saturated heterocycles. The van der Waals surface area contributed by atoms with Crippen LogP contribution in [0.5, 0.6) is 0 Å². The zero-order valence-corrected chi connectivity index (χ0v) is 19.9. The van der Waals surface area contributed by atoms with E-state index < -0.39 is 11.9 Å². The maximum atomic E-state index is 12.4. The number of benzene rings is 4. The van der Waals surface area contributed by atoms with Crippen LogP contribution in [0.4, 0.5) is 0 Å². The van der Waals surface area contributed by atoms with Crippen molar-refractivity contribution >= 4 is 11.9 Å². The number of carbonyl (C=O) groups excluding carboxylic acids is 2. The second-order valence-electron chi connectivity index (χ2n) is 8.34. The van der Waals surface area contributed by atoms with Crippen LogP contribution in [-0.4, -0.2) is 25.2 Å². The van der Waals surface area contributed by atoms with Gasteiger partial charge >= 0.3 is 11.9 Å². The molecule has 0 radical (unpaired) electrons. The van der Waals surface area contributed by atoms with Crippen LogP contribution < -0.4 is 0 Å². The predicted molar refractivity (Wildman–Crippen MR) is 141 cm³/mol. The van der Waals surface area contributed by atoms with Crippen LogP contribution in [0, 0.1) is 0 Å². The topological polar surface area (TPSA) is 52.6 Å². The molecule has 0 fully saturated rings. The summed E-state index contributed by atoms with van der Waals surface area (Å²) in [6, 6.07) is 39.5. The first kappa shape index (κ1) is 24.7. The van der Waals surface area contributed by atoms with E-state index in [2.05, 4.69) is 0 Å². The third-order valence-electron chi connectivity index (χ3n) is 5.95. The van der Waals surface area contributed by atoms with E-state index in [1.165, 1.54) is 0 Å². The maximum absolute atomic E-state index is 12.4. The Labute approximate surface area is 211 Å². The number of carbonyl (C=O) groups is 2. The fourth-order valence-electron chi connectivity index (χ4n) is 4.07. The van der Waals surface area contributed by atoms with E-state index in [4.69, 9.17) is 9.47 Å². The lowest BCUT2D eigenvalue weighted by molar-refractivity contribution is -0.140. The second kappa shape index (κ2) is 12.9. The van der Waals surface area contributed by atoms with Crippen molar-refractivity contribution in [2.45, 2.75) is 11.8 Å². The van der Waals surface area contributed by atoms with Crippen molar-refractivity contribution in [3.05, 3.63) is 156 Å². The average Bonchev–Trinajstić information content (AvgIpc) is 2.94. The highest BCUT2D eigenvalue weighted by molar-refractivity contribution is 5.91. The lowest BCUT2D eigenvalue weighted by Crippen LogP contribution is -2.14. The molecule has 0 aliphatic carbocycles. The van der Waals surface area contributed by atoms with Gasteiger partial charge in [-0.1, -0.05) is 121 Å². The standard InChI is InChI=1S/C32H28O4/c33-31(35-23-29(25-13-5-1-6-14-25)26-15-7-2-8-16-26)21-22-32(34)36-24-30(27-17-9-3-10-18-27)28-19-11-4-12-20-28/h1-22,29-30H,23-24H2/b22-21+. The Bertz CT molecular complexity index is 1070. The SMILES string of the molecule is O=C(/C=C/C(=O)OCC(c1ccccc1)c1ccccc1)OCC(c1ccccc1)c1ccccc1. The molecule has 0 aliphatic heterocycles. The van der Waals surface area contributed by atoms with Gasteiger partial charge in [-0.3, -0.25) is 0 Å². The summed E-state index contributed by atoms with van der Waals surface area (Å²) in [6.07, 6.45) is 2.24. The monoisotopic (exact) mass is 476 g/mol. The van der Waals surface area contributed by atoms with Gasteiger partial charge < -0.3 is 9.47 Å². The molecule has 0 aliphatic rings. The minimum Gasteiger partial charge on any atom is -0.462 e. The van der Waals surface area contributed by atoms with Crippen LogP contribution in [0.2, 0.25) is 0 Å². The summed E-state index contributed by atoms with van der Waals surface area (Å²) >= 11 is 0. The van der Waals surface area contributed by atoms with Crippen LogP contribution in [0.1, 0.15) is 34.1 Å². The molecule has 0 N–H and O–H groups in total. The van der Waals surface area contributed by atoms with Crippen LogP contribution in [0.3, 0.4) is 0 Å². The summed E-state index contributed by atoms with van der Waals surface area (Å²) in [7, 11) is 0. The molecule has 0 atom stereocenters. The Morgan fingerprint density at radius 3 is 0.972 bits per heavy atom. The van der Waals surface area contributed by atoms with Gasteiger partial charge in [0.15, 0.2) is 0 Å². The van der Waals surface area contributed by atoms with Crippen LogP contribution in [0.15, 0.2) is 133 Å². The van der Waals surface area contributed by atoms with Gasteiger partial charge in [0.2, 0.25) is 0 Å². The molecule has 0 aromatic heterocycles. The van der Waals surface area contributed by atoms with Crippen LogP contribution in [-0.2, 0) is 19.1 Å². The molecule has 4 heteroatoms. The number of hydrogen-bond acceptors (Lipinski definition) is 4. The van der Waals surface area contributed by atoms with E-state index in [0.717, 1.165) is 34.4 Å². The van der Waals surface area contributed by atoms with Crippen molar-refractivity contribution in [2.24, 2.45) is 0 Å². The molecule has 0 amide bonds. The molecule has 36 heavy (non-hydrogen) atoms. The molecule has 0 spiro atoms. The average molecular weight is 477 g/mol. The normalized spacial score (nSPS) is 11.1. The molecule has 4 aromatic carbocycles. The van der Waals surface area contributed by atoms with Crippen LogP contribution >= 0.6 is 0 Å². The first-order valence-electron chi connectivity index (χ1n) is 11.9. The van der Waals surface area contributed by atoms with E-state index >= 15 is 0 Å². The lowest BCUT2D eigenvalue weighted by Gasteiger charge is -2.18. The lowest BCUT2D eigenvalue weighted by atomic mass is 9.92. The minimum atomic E-state index is -0.591. The number of rotatable bonds is 10. The van der Waals surface area contributed by atoms with E-state index in [0.29, 0.717) is 0 Å². The molecular formula is C32H28O4. The third-order valence-corrected chi connectivity index (χ3v) is 5.95. The zero-order chi connectivity index (χ0) is 25.0. The van der Waals surface area contributed by atoms with Crippen molar-refractivity contribution < 1.29 is 19.1 Å². The van der Waals surface area contributed by atoms with Gasteiger partial charge in [0, 0.05) is 24.0 Å². The summed E-state index contributed by atoms with van der Waals surface area (Å²) in [5.41, 5.74) is 4.20. The van der Waals surface area contributed by atoms with Gasteiger partial charge in [-0.25, -0.2) is 9.59 Å². The van der Waals surface area contributed by atoms with Gasteiger partial charge in [0.05, 0.1) is 0 Å². The Morgan fingerprint density at radius 1 is 0.472 bits per heavy atom. The summed E-state index contributed by atoms with van der Waals surface area (Å²) in [6.45, 7) is 0.326. The van der Waals surface area contributed by atoms with Gasteiger partial charge in [-0.05, 0) is 22.3 Å². The number of ether oxygens (including phenoxy) is 2. The Balaban J connectivity index is 1.35. The third kappa shape index (κ3) is 7.03. The van der Waals surface area contributed by atoms with E-state index in [9.17, 15) is 9.59 Å². The Kier molecular flexibility index (Phi) is 8.82. The van der Waals surface area contributed by atoms with Crippen molar-refractivity contribution in [1.29, 1.82) is 0 Å². The number of hydrogen-bond donors (Lipinski definition) is 0. The van der Waals surface area contributed by atoms with Gasteiger partial charge in [0.1, 0.15) is 13.2 Å². The molecular weight excluding hydrogens is 448 g/mol. The molecule has 0 bridgehead atoms. The van der Waals surface area contributed by atoms with Crippen molar-refractivity contribution in [1.82, 2.24) is 0 Å². The van der Waals surface area contributed by atoms with Gasteiger partial charge in [0.25, 0.3) is 0 Å². The van der Waals surface area contributed by atoms with Crippen molar-refractivity contribution in [3.8, 4) is 0 Å². The Morgan fingerprint density at radius 2 is 0.722 bits per heavy atom. The summed E-state index contributed by atoms with van der Waals surface area (Å²) < 4.78 is 11.0.